The van der Waals surface area contributed by atoms with Gasteiger partial charge in [-0.05, 0) is 89.3 Å². The first kappa shape index (κ1) is 24.7. The minimum absolute atomic E-state index is 0.0389. The van der Waals surface area contributed by atoms with Crippen molar-refractivity contribution in [2.24, 2.45) is 17.3 Å². The van der Waals surface area contributed by atoms with Crippen LogP contribution in [0.3, 0.4) is 0 Å². The molecule has 9 heteroatoms. The second-order valence-corrected chi connectivity index (χ2v) is 11.6. The number of rotatable bonds is 8. The third kappa shape index (κ3) is 6.05. The smallest absolute Gasteiger partial charge is 0.244 e. The molecule has 0 radical (unpaired) electrons. The Hall–Kier alpha value is -2.00. The van der Waals surface area contributed by atoms with Crippen molar-refractivity contribution in [3.8, 4) is 0 Å². The predicted molar refractivity (Wildman–Crippen MR) is 131 cm³/mol. The molecule has 1 atom stereocenters. The van der Waals surface area contributed by atoms with Crippen molar-refractivity contribution in [3.63, 3.8) is 0 Å². The highest BCUT2D eigenvalue weighted by molar-refractivity contribution is 5.81. The van der Waals surface area contributed by atoms with Crippen LogP contribution in [0.15, 0.2) is 4.52 Å². The summed E-state index contributed by atoms with van der Waals surface area (Å²) in [7, 11) is 0. The summed E-state index contributed by atoms with van der Waals surface area (Å²) in [6.45, 7) is 11.1. The lowest BCUT2D eigenvalue weighted by molar-refractivity contribution is -0.134. The molecular weight excluding hydrogens is 444 g/mol. The van der Waals surface area contributed by atoms with Gasteiger partial charge in [0.25, 0.3) is 0 Å². The lowest BCUT2D eigenvalue weighted by Gasteiger charge is -2.39. The molecule has 3 saturated heterocycles. The molecule has 1 N–H and O–H groups in total. The Kier molecular flexibility index (Phi) is 7.44. The molecule has 2 amide bonds. The van der Waals surface area contributed by atoms with Crippen molar-refractivity contribution in [2.75, 3.05) is 52.4 Å². The molecule has 194 valence electrons. The summed E-state index contributed by atoms with van der Waals surface area (Å²) in [5, 5.41) is 7.15. The van der Waals surface area contributed by atoms with Crippen LogP contribution in [0.1, 0.15) is 76.0 Å². The van der Waals surface area contributed by atoms with Gasteiger partial charge in [-0.1, -0.05) is 12.1 Å². The van der Waals surface area contributed by atoms with E-state index in [2.05, 4.69) is 37.1 Å². The molecule has 9 nitrogen and oxygen atoms in total. The van der Waals surface area contributed by atoms with Crippen LogP contribution in [0.4, 0.5) is 0 Å². The van der Waals surface area contributed by atoms with Gasteiger partial charge in [-0.25, -0.2) is 0 Å². The fraction of sp³-hybridized carbons (Fsp3) is 0.846. The number of nitrogens with one attached hydrogen (secondary N) is 1. The van der Waals surface area contributed by atoms with Crippen molar-refractivity contribution in [1.29, 1.82) is 0 Å². The maximum absolute atomic E-state index is 12.9. The van der Waals surface area contributed by atoms with E-state index in [1.54, 1.807) is 0 Å². The molecule has 0 bridgehead atoms. The number of aryl methyl sites for hydroxylation is 1. The second kappa shape index (κ2) is 10.5. The zero-order valence-corrected chi connectivity index (χ0v) is 21.5. The summed E-state index contributed by atoms with van der Waals surface area (Å²) >= 11 is 0. The van der Waals surface area contributed by atoms with Gasteiger partial charge in [-0.15, -0.1) is 0 Å². The first-order valence-corrected chi connectivity index (χ1v) is 13.7. The summed E-state index contributed by atoms with van der Waals surface area (Å²) in [5.74, 6) is 2.77. The summed E-state index contributed by atoms with van der Waals surface area (Å²) < 4.78 is 5.56. The van der Waals surface area contributed by atoms with E-state index in [0.717, 1.165) is 70.6 Å². The minimum atomic E-state index is -0.0389. The van der Waals surface area contributed by atoms with Gasteiger partial charge in [-0.2, -0.15) is 4.98 Å². The Bertz CT molecular complexity index is 883. The zero-order chi connectivity index (χ0) is 24.4. The van der Waals surface area contributed by atoms with Crippen LogP contribution in [-0.2, 0) is 9.59 Å². The number of hydrogen-bond donors (Lipinski definition) is 1. The molecule has 4 aliphatic rings. The van der Waals surface area contributed by atoms with Crippen LogP contribution in [0, 0.1) is 24.2 Å². The molecule has 1 spiro atoms. The van der Waals surface area contributed by atoms with Crippen molar-refractivity contribution >= 4 is 11.8 Å². The molecule has 4 heterocycles. The lowest BCUT2D eigenvalue weighted by atomic mass is 9.76. The molecule has 35 heavy (non-hydrogen) atoms. The maximum Gasteiger partial charge on any atom is 0.244 e. The van der Waals surface area contributed by atoms with Gasteiger partial charge < -0.3 is 19.6 Å². The number of aromatic nitrogens is 2. The van der Waals surface area contributed by atoms with Gasteiger partial charge in [0.05, 0.1) is 12.6 Å². The summed E-state index contributed by atoms with van der Waals surface area (Å²) in [5.41, 5.74) is 0.0963. The predicted octanol–water partition coefficient (Wildman–Crippen LogP) is 2.38. The first-order valence-electron chi connectivity index (χ1n) is 13.7. The Labute approximate surface area is 209 Å². The maximum atomic E-state index is 12.9. The molecule has 1 unspecified atom stereocenters. The van der Waals surface area contributed by atoms with Crippen molar-refractivity contribution in [1.82, 2.24) is 30.2 Å². The van der Waals surface area contributed by atoms with E-state index < -0.39 is 0 Å². The number of likely N-dealkylation sites (tertiary alicyclic amines) is 3. The van der Waals surface area contributed by atoms with E-state index in [-0.39, 0.29) is 23.3 Å². The fourth-order valence-corrected chi connectivity index (χ4v) is 6.21. The van der Waals surface area contributed by atoms with Gasteiger partial charge >= 0.3 is 0 Å². The summed E-state index contributed by atoms with van der Waals surface area (Å²) in [6.07, 6.45) is 8.52. The Morgan fingerprint density at radius 3 is 2.51 bits per heavy atom. The lowest BCUT2D eigenvalue weighted by Crippen LogP contribution is -2.45. The number of piperidine rings is 2. The zero-order valence-electron chi connectivity index (χ0n) is 21.5. The molecule has 1 saturated carbocycles. The van der Waals surface area contributed by atoms with Gasteiger partial charge in [0.2, 0.25) is 17.7 Å². The number of hydrogen-bond acceptors (Lipinski definition) is 7. The minimum Gasteiger partial charge on any atom is -0.355 e. The highest BCUT2D eigenvalue weighted by Crippen LogP contribution is 2.49. The summed E-state index contributed by atoms with van der Waals surface area (Å²) in [4.78, 5) is 36.7. The number of nitrogens with zero attached hydrogens (tertiary/aromatic N) is 5. The van der Waals surface area contributed by atoms with Gasteiger partial charge in [0.1, 0.15) is 0 Å². The van der Waals surface area contributed by atoms with E-state index in [9.17, 15) is 9.59 Å². The SMILES string of the molecule is Cc1noc(C2CC3(CCN(C(=O)C4CC4)CC3)CN2CC(=O)NCCCN2CCC(C)CC2)n1. The van der Waals surface area contributed by atoms with Crippen molar-refractivity contribution in [3.05, 3.63) is 11.7 Å². The molecular formula is C26H42N6O3. The van der Waals surface area contributed by atoms with Crippen LogP contribution in [0.5, 0.6) is 0 Å². The van der Waals surface area contributed by atoms with Crippen molar-refractivity contribution in [2.45, 2.75) is 71.3 Å². The van der Waals surface area contributed by atoms with Crippen LogP contribution in [0.25, 0.3) is 0 Å². The quantitative estimate of drug-likeness (QED) is 0.564. The van der Waals surface area contributed by atoms with E-state index in [1.165, 1.54) is 25.9 Å². The van der Waals surface area contributed by atoms with Gasteiger partial charge in [-0.3, -0.25) is 14.5 Å². The standard InChI is InChI=1S/C26H42N6O3/c1-19-6-12-30(13-7-19)11-3-10-27-23(33)17-32-18-26(16-22(32)24-28-20(2)29-35-24)8-14-31(15-9-26)25(34)21-4-5-21/h19,21-22H,3-18H2,1-2H3,(H,27,33). The molecule has 1 aromatic heterocycles. The third-order valence-electron chi connectivity index (χ3n) is 8.69. The topological polar surface area (TPSA) is 94.8 Å². The second-order valence-electron chi connectivity index (χ2n) is 11.6. The Balaban J connectivity index is 1.13. The molecule has 1 aromatic rings. The Morgan fingerprint density at radius 1 is 1.11 bits per heavy atom. The highest BCUT2D eigenvalue weighted by Gasteiger charge is 2.49. The Morgan fingerprint density at radius 2 is 1.86 bits per heavy atom. The highest BCUT2D eigenvalue weighted by atomic mass is 16.5. The number of carbonyl (C=O) groups is 2. The average molecular weight is 487 g/mol. The molecule has 0 aromatic carbocycles. The van der Waals surface area contributed by atoms with E-state index in [0.29, 0.717) is 30.7 Å². The normalized spacial score (nSPS) is 25.9. The van der Waals surface area contributed by atoms with E-state index in [4.69, 9.17) is 4.52 Å². The number of amides is 2. The van der Waals surface area contributed by atoms with Crippen LogP contribution in [0.2, 0.25) is 0 Å². The van der Waals surface area contributed by atoms with Crippen LogP contribution < -0.4 is 5.32 Å². The monoisotopic (exact) mass is 486 g/mol. The average Bonchev–Trinajstić information content (AvgIpc) is 3.53. The molecule has 5 rings (SSSR count). The molecule has 3 aliphatic heterocycles. The largest absolute Gasteiger partial charge is 0.355 e. The van der Waals surface area contributed by atoms with E-state index in [1.807, 2.05) is 6.92 Å². The first-order chi connectivity index (χ1) is 16.9. The summed E-state index contributed by atoms with van der Waals surface area (Å²) in [6, 6.07) is -0.0389. The third-order valence-corrected chi connectivity index (χ3v) is 8.69. The van der Waals surface area contributed by atoms with Crippen LogP contribution >= 0.6 is 0 Å². The van der Waals surface area contributed by atoms with Crippen molar-refractivity contribution < 1.29 is 14.1 Å². The van der Waals surface area contributed by atoms with Gasteiger partial charge in [0.15, 0.2) is 5.82 Å². The van der Waals surface area contributed by atoms with Crippen LogP contribution in [-0.4, -0.2) is 89.0 Å². The van der Waals surface area contributed by atoms with Gasteiger partial charge in [0, 0.05) is 32.1 Å². The van der Waals surface area contributed by atoms with E-state index >= 15 is 0 Å². The fourth-order valence-electron chi connectivity index (χ4n) is 6.21. The number of carbonyl (C=O) groups excluding carboxylic acids is 2. The molecule has 1 aliphatic carbocycles. The molecule has 4 fully saturated rings.